The van der Waals surface area contributed by atoms with Gasteiger partial charge in [-0.15, -0.1) is 0 Å². The number of fused-ring (bicyclic) bond motifs is 1. The maximum atomic E-state index is 12.7. The van der Waals surface area contributed by atoms with Crippen LogP contribution in [0.1, 0.15) is 29.2 Å². The third-order valence-electron chi connectivity index (χ3n) is 5.60. The van der Waals surface area contributed by atoms with Crippen LogP contribution in [0.3, 0.4) is 0 Å². The maximum absolute atomic E-state index is 12.7. The van der Waals surface area contributed by atoms with Gasteiger partial charge in [-0.3, -0.25) is 4.79 Å². The van der Waals surface area contributed by atoms with Gasteiger partial charge in [-0.25, -0.2) is 0 Å². The number of carbonyl (C=O) groups excluding carboxylic acids is 1. The Morgan fingerprint density at radius 2 is 1.72 bits per heavy atom. The SMILES string of the molecule is O=C(c1ccc(COc2ccc3ccccc3c2)o1)N1CCC2(CC1)OCCO2. The first-order valence-corrected chi connectivity index (χ1v) is 9.98. The summed E-state index contributed by atoms with van der Waals surface area (Å²) >= 11 is 0. The van der Waals surface area contributed by atoms with Crippen molar-refractivity contribution in [2.75, 3.05) is 26.3 Å². The largest absolute Gasteiger partial charge is 0.486 e. The van der Waals surface area contributed by atoms with Crippen molar-refractivity contribution in [3.8, 4) is 5.75 Å². The molecule has 29 heavy (non-hydrogen) atoms. The second-order valence-corrected chi connectivity index (χ2v) is 7.46. The molecule has 1 aromatic heterocycles. The molecule has 2 aliphatic heterocycles. The van der Waals surface area contributed by atoms with E-state index in [9.17, 15) is 4.79 Å². The molecule has 0 N–H and O–H groups in total. The highest BCUT2D eigenvalue weighted by Crippen LogP contribution is 2.32. The second-order valence-electron chi connectivity index (χ2n) is 7.46. The Labute approximate surface area is 168 Å². The lowest BCUT2D eigenvalue weighted by atomic mass is 10.0. The molecule has 0 atom stereocenters. The van der Waals surface area contributed by atoms with Crippen molar-refractivity contribution in [3.63, 3.8) is 0 Å². The van der Waals surface area contributed by atoms with E-state index in [0.717, 1.165) is 11.1 Å². The molecular weight excluding hydrogens is 370 g/mol. The van der Waals surface area contributed by atoms with Gasteiger partial charge in [0.1, 0.15) is 18.1 Å². The molecule has 6 nitrogen and oxygen atoms in total. The van der Waals surface area contributed by atoms with Crippen LogP contribution in [0.4, 0.5) is 0 Å². The normalized spacial score (nSPS) is 18.4. The molecule has 3 aromatic rings. The van der Waals surface area contributed by atoms with Crippen LogP contribution in [-0.4, -0.2) is 42.9 Å². The molecule has 150 valence electrons. The predicted octanol–water partition coefficient (Wildman–Crippen LogP) is 3.99. The Hall–Kier alpha value is -2.83. The number of rotatable bonds is 4. The van der Waals surface area contributed by atoms with E-state index < -0.39 is 5.79 Å². The van der Waals surface area contributed by atoms with Crippen LogP contribution in [0.2, 0.25) is 0 Å². The monoisotopic (exact) mass is 393 g/mol. The van der Waals surface area contributed by atoms with Crippen molar-refractivity contribution in [1.82, 2.24) is 4.90 Å². The number of ether oxygens (including phenoxy) is 3. The number of hydrogen-bond donors (Lipinski definition) is 0. The number of likely N-dealkylation sites (tertiary alicyclic amines) is 1. The van der Waals surface area contributed by atoms with Gasteiger partial charge in [0.05, 0.1) is 13.2 Å². The van der Waals surface area contributed by atoms with Gasteiger partial charge in [0.15, 0.2) is 11.5 Å². The molecule has 0 bridgehead atoms. The smallest absolute Gasteiger partial charge is 0.289 e. The van der Waals surface area contributed by atoms with Gasteiger partial charge in [-0.1, -0.05) is 30.3 Å². The Balaban J connectivity index is 1.19. The molecule has 0 radical (unpaired) electrons. The fourth-order valence-electron chi connectivity index (χ4n) is 3.97. The molecule has 0 unspecified atom stereocenters. The Morgan fingerprint density at radius 1 is 0.966 bits per heavy atom. The van der Waals surface area contributed by atoms with Crippen molar-refractivity contribution < 1.29 is 23.4 Å². The summed E-state index contributed by atoms with van der Waals surface area (Å²) in [6.07, 6.45) is 1.38. The van der Waals surface area contributed by atoms with Crippen LogP contribution < -0.4 is 4.74 Å². The number of carbonyl (C=O) groups is 1. The van der Waals surface area contributed by atoms with Crippen LogP contribution in [0.5, 0.6) is 5.75 Å². The summed E-state index contributed by atoms with van der Waals surface area (Å²) in [5, 5.41) is 2.29. The van der Waals surface area contributed by atoms with Gasteiger partial charge < -0.3 is 23.5 Å². The van der Waals surface area contributed by atoms with Crippen LogP contribution >= 0.6 is 0 Å². The summed E-state index contributed by atoms with van der Waals surface area (Å²) in [7, 11) is 0. The highest BCUT2D eigenvalue weighted by atomic mass is 16.7. The summed E-state index contributed by atoms with van der Waals surface area (Å²) in [5.74, 6) is 1.14. The number of piperidine rings is 1. The highest BCUT2D eigenvalue weighted by molar-refractivity contribution is 5.91. The molecule has 0 aliphatic carbocycles. The molecule has 2 fully saturated rings. The predicted molar refractivity (Wildman–Crippen MR) is 107 cm³/mol. The minimum Gasteiger partial charge on any atom is -0.486 e. The van der Waals surface area contributed by atoms with Gasteiger partial charge in [-0.2, -0.15) is 0 Å². The lowest BCUT2D eigenvalue weighted by Crippen LogP contribution is -2.47. The highest BCUT2D eigenvalue weighted by Gasteiger charge is 2.41. The average molecular weight is 393 g/mol. The molecule has 2 aromatic carbocycles. The molecule has 3 heterocycles. The molecule has 1 amide bonds. The summed E-state index contributed by atoms with van der Waals surface area (Å²) in [5.41, 5.74) is 0. The van der Waals surface area contributed by atoms with Gasteiger partial charge in [-0.05, 0) is 35.0 Å². The molecular formula is C23H23NO5. The van der Waals surface area contributed by atoms with Crippen LogP contribution in [0.25, 0.3) is 10.8 Å². The first-order chi connectivity index (χ1) is 14.2. The lowest BCUT2D eigenvalue weighted by Gasteiger charge is -2.37. The molecule has 6 heteroatoms. The standard InChI is InChI=1S/C23H23NO5/c25-22(24-11-9-23(10-12-24)27-13-14-28-23)21-8-7-20(29-21)16-26-19-6-5-17-3-1-2-4-18(17)15-19/h1-8,15H,9-14,16H2. The fourth-order valence-corrected chi connectivity index (χ4v) is 3.97. The minimum absolute atomic E-state index is 0.102. The molecule has 1 spiro atoms. The summed E-state index contributed by atoms with van der Waals surface area (Å²) < 4.78 is 23.0. The van der Waals surface area contributed by atoms with Crippen molar-refractivity contribution in [3.05, 3.63) is 66.1 Å². The van der Waals surface area contributed by atoms with Gasteiger partial charge in [0, 0.05) is 25.9 Å². The van der Waals surface area contributed by atoms with Crippen LogP contribution in [-0.2, 0) is 16.1 Å². The number of furan rings is 1. The lowest BCUT2D eigenvalue weighted by molar-refractivity contribution is -0.181. The topological polar surface area (TPSA) is 61.1 Å². The molecule has 2 saturated heterocycles. The average Bonchev–Trinajstić information content (AvgIpc) is 3.42. The van der Waals surface area contributed by atoms with Crippen molar-refractivity contribution >= 4 is 16.7 Å². The number of benzene rings is 2. The van der Waals surface area contributed by atoms with Crippen LogP contribution in [0, 0.1) is 0 Å². The van der Waals surface area contributed by atoms with E-state index >= 15 is 0 Å². The number of nitrogens with zero attached hydrogens (tertiary/aromatic N) is 1. The fraction of sp³-hybridized carbons (Fsp3) is 0.348. The second kappa shape index (κ2) is 7.54. The minimum atomic E-state index is -0.487. The van der Waals surface area contributed by atoms with E-state index in [-0.39, 0.29) is 12.5 Å². The van der Waals surface area contributed by atoms with E-state index in [1.807, 2.05) is 30.3 Å². The van der Waals surface area contributed by atoms with Crippen molar-refractivity contribution in [1.29, 1.82) is 0 Å². The van der Waals surface area contributed by atoms with E-state index in [1.165, 1.54) is 5.39 Å². The quantitative estimate of drug-likeness (QED) is 0.671. The van der Waals surface area contributed by atoms with Gasteiger partial charge in [0.2, 0.25) is 0 Å². The van der Waals surface area contributed by atoms with Gasteiger partial charge in [0.25, 0.3) is 5.91 Å². The Morgan fingerprint density at radius 3 is 2.52 bits per heavy atom. The van der Waals surface area contributed by atoms with Crippen molar-refractivity contribution in [2.24, 2.45) is 0 Å². The first kappa shape index (κ1) is 18.2. The van der Waals surface area contributed by atoms with E-state index in [1.54, 1.807) is 17.0 Å². The number of hydrogen-bond acceptors (Lipinski definition) is 5. The van der Waals surface area contributed by atoms with E-state index in [0.29, 0.717) is 50.7 Å². The molecule has 5 rings (SSSR count). The Kier molecular flexibility index (Phi) is 4.73. The van der Waals surface area contributed by atoms with E-state index in [4.69, 9.17) is 18.6 Å². The van der Waals surface area contributed by atoms with E-state index in [2.05, 4.69) is 12.1 Å². The molecule has 0 saturated carbocycles. The van der Waals surface area contributed by atoms with Crippen molar-refractivity contribution in [2.45, 2.75) is 25.2 Å². The maximum Gasteiger partial charge on any atom is 0.289 e. The number of amides is 1. The third-order valence-corrected chi connectivity index (χ3v) is 5.60. The zero-order valence-electron chi connectivity index (χ0n) is 16.1. The van der Waals surface area contributed by atoms with Gasteiger partial charge >= 0.3 is 0 Å². The first-order valence-electron chi connectivity index (χ1n) is 9.98. The zero-order chi connectivity index (χ0) is 19.7. The third kappa shape index (κ3) is 3.73. The van der Waals surface area contributed by atoms with Crippen LogP contribution in [0.15, 0.2) is 59.0 Å². The Bertz CT molecular complexity index is 1010. The summed E-state index contributed by atoms with van der Waals surface area (Å²) in [4.78, 5) is 14.5. The zero-order valence-corrected chi connectivity index (χ0v) is 16.1. The molecule has 2 aliphatic rings. The summed E-state index contributed by atoms with van der Waals surface area (Å²) in [6, 6.07) is 17.6. The summed E-state index contributed by atoms with van der Waals surface area (Å²) in [6.45, 7) is 2.74.